The van der Waals surface area contributed by atoms with Crippen molar-refractivity contribution < 1.29 is 4.79 Å². The predicted octanol–water partition coefficient (Wildman–Crippen LogP) is 1.13. The first kappa shape index (κ1) is 13.4. The molecule has 0 heterocycles. The van der Waals surface area contributed by atoms with Gasteiger partial charge in [0.15, 0.2) is 0 Å². The monoisotopic (exact) mass is 240 g/mol. The molecule has 0 aromatic heterocycles. The minimum absolute atomic E-state index is 0.105. The fraction of sp³-hybridized carbons (Fsp3) is 0.750. The Balaban J connectivity index is 2.41. The van der Waals surface area contributed by atoms with Gasteiger partial charge in [-0.25, -0.2) is 0 Å². The SMILES string of the molecule is C#CCC(N)C(=O)NC1CCCC1SCC. The van der Waals surface area contributed by atoms with Crippen molar-refractivity contribution in [2.75, 3.05) is 5.75 Å². The molecule has 1 amide bonds. The lowest BCUT2D eigenvalue weighted by Crippen LogP contribution is -2.47. The quantitative estimate of drug-likeness (QED) is 0.708. The highest BCUT2D eigenvalue weighted by molar-refractivity contribution is 7.99. The van der Waals surface area contributed by atoms with Crippen LogP contribution in [0.4, 0.5) is 0 Å². The molecule has 3 nitrogen and oxygen atoms in total. The summed E-state index contributed by atoms with van der Waals surface area (Å²) in [4.78, 5) is 11.7. The van der Waals surface area contributed by atoms with Crippen molar-refractivity contribution in [1.82, 2.24) is 5.32 Å². The standard InChI is InChI=1S/C12H20N2OS/c1-3-6-9(13)12(15)14-10-7-5-8-11(10)16-4-2/h1,9-11H,4-8,13H2,2H3,(H,14,15). The highest BCUT2D eigenvalue weighted by Crippen LogP contribution is 2.29. The van der Waals surface area contributed by atoms with E-state index in [9.17, 15) is 4.79 Å². The fourth-order valence-electron chi connectivity index (χ4n) is 2.01. The van der Waals surface area contributed by atoms with E-state index >= 15 is 0 Å². The lowest BCUT2D eigenvalue weighted by molar-refractivity contribution is -0.122. The first-order valence-electron chi connectivity index (χ1n) is 5.80. The van der Waals surface area contributed by atoms with Crippen LogP contribution in [0.25, 0.3) is 0 Å². The third kappa shape index (κ3) is 3.73. The predicted molar refractivity (Wildman–Crippen MR) is 69.1 cm³/mol. The number of thioether (sulfide) groups is 1. The fourth-order valence-corrected chi connectivity index (χ4v) is 3.21. The molecule has 0 bridgehead atoms. The topological polar surface area (TPSA) is 55.1 Å². The lowest BCUT2D eigenvalue weighted by atomic mass is 10.2. The van der Waals surface area contributed by atoms with Gasteiger partial charge in [-0.1, -0.05) is 13.3 Å². The van der Waals surface area contributed by atoms with Crippen LogP contribution in [0.1, 0.15) is 32.6 Å². The van der Waals surface area contributed by atoms with Gasteiger partial charge in [0.2, 0.25) is 5.91 Å². The van der Waals surface area contributed by atoms with Crippen LogP contribution in [0.3, 0.4) is 0 Å². The molecule has 3 N–H and O–H groups in total. The maximum Gasteiger partial charge on any atom is 0.238 e. The molecule has 4 heteroatoms. The molecule has 0 saturated heterocycles. The van der Waals surface area contributed by atoms with E-state index in [0.717, 1.165) is 12.2 Å². The van der Waals surface area contributed by atoms with E-state index in [2.05, 4.69) is 18.2 Å². The Morgan fingerprint density at radius 1 is 1.69 bits per heavy atom. The summed E-state index contributed by atoms with van der Waals surface area (Å²) >= 11 is 1.92. The largest absolute Gasteiger partial charge is 0.351 e. The Labute approximate surface area is 102 Å². The average molecular weight is 240 g/mol. The average Bonchev–Trinajstić information content (AvgIpc) is 2.67. The smallest absolute Gasteiger partial charge is 0.238 e. The summed E-state index contributed by atoms with van der Waals surface area (Å²) in [6.45, 7) is 2.14. The van der Waals surface area contributed by atoms with Crippen LogP contribution >= 0.6 is 11.8 Å². The molecule has 0 radical (unpaired) electrons. The van der Waals surface area contributed by atoms with Gasteiger partial charge in [0.25, 0.3) is 0 Å². The molecule has 0 aromatic rings. The molecule has 1 saturated carbocycles. The summed E-state index contributed by atoms with van der Waals surface area (Å²) in [6, 6.07) is -0.279. The first-order chi connectivity index (χ1) is 7.69. The van der Waals surface area contributed by atoms with Gasteiger partial charge in [0.05, 0.1) is 6.04 Å². The number of nitrogens with one attached hydrogen (secondary N) is 1. The van der Waals surface area contributed by atoms with E-state index in [4.69, 9.17) is 12.2 Å². The molecule has 3 unspecified atom stereocenters. The summed E-state index contributed by atoms with van der Waals surface area (Å²) in [5.74, 6) is 3.40. The zero-order chi connectivity index (χ0) is 12.0. The molecular formula is C12H20N2OS. The van der Waals surface area contributed by atoms with Gasteiger partial charge in [-0.15, -0.1) is 12.3 Å². The summed E-state index contributed by atoms with van der Waals surface area (Å²) in [7, 11) is 0. The minimum Gasteiger partial charge on any atom is -0.351 e. The van der Waals surface area contributed by atoms with E-state index in [1.54, 1.807) is 0 Å². The Bertz CT molecular complexity index is 275. The number of carbonyl (C=O) groups excluding carboxylic acids is 1. The maximum atomic E-state index is 11.7. The number of hydrogen-bond acceptors (Lipinski definition) is 3. The molecule has 1 aliphatic carbocycles. The maximum absolute atomic E-state index is 11.7. The van der Waals surface area contributed by atoms with Crippen molar-refractivity contribution in [2.45, 2.75) is 49.9 Å². The molecule has 1 rings (SSSR count). The number of carbonyl (C=O) groups is 1. The highest BCUT2D eigenvalue weighted by atomic mass is 32.2. The zero-order valence-electron chi connectivity index (χ0n) is 9.74. The molecule has 0 aliphatic heterocycles. The molecule has 3 atom stereocenters. The second-order valence-electron chi connectivity index (χ2n) is 4.05. The van der Waals surface area contributed by atoms with Gasteiger partial charge < -0.3 is 11.1 Å². The summed E-state index contributed by atoms with van der Waals surface area (Å²) in [6.07, 6.45) is 8.88. The molecule has 1 fully saturated rings. The summed E-state index contributed by atoms with van der Waals surface area (Å²) in [5, 5.41) is 3.57. The second kappa shape index (κ2) is 6.82. The molecule has 0 aromatic carbocycles. The molecule has 1 aliphatic rings. The summed E-state index contributed by atoms with van der Waals surface area (Å²) in [5.41, 5.74) is 5.66. The molecule has 90 valence electrons. The van der Waals surface area contributed by atoms with Crippen molar-refractivity contribution in [3.05, 3.63) is 0 Å². The Hall–Kier alpha value is -0.660. The van der Waals surface area contributed by atoms with Gasteiger partial charge in [-0.3, -0.25) is 4.79 Å². The van der Waals surface area contributed by atoms with Crippen molar-refractivity contribution in [2.24, 2.45) is 5.73 Å². The van der Waals surface area contributed by atoms with Crippen LogP contribution in [-0.2, 0) is 4.79 Å². The number of nitrogens with two attached hydrogens (primary N) is 1. The summed E-state index contributed by atoms with van der Waals surface area (Å²) < 4.78 is 0. The van der Waals surface area contributed by atoms with Crippen LogP contribution in [0, 0.1) is 12.3 Å². The zero-order valence-corrected chi connectivity index (χ0v) is 10.6. The van der Waals surface area contributed by atoms with Gasteiger partial charge in [-0.2, -0.15) is 11.8 Å². The number of terminal acetylenes is 1. The molecular weight excluding hydrogens is 220 g/mol. The first-order valence-corrected chi connectivity index (χ1v) is 6.85. The van der Waals surface area contributed by atoms with E-state index in [-0.39, 0.29) is 11.9 Å². The van der Waals surface area contributed by atoms with Gasteiger partial charge >= 0.3 is 0 Å². The van der Waals surface area contributed by atoms with Crippen molar-refractivity contribution in [3.8, 4) is 12.3 Å². The highest BCUT2D eigenvalue weighted by Gasteiger charge is 2.29. The third-order valence-corrected chi connectivity index (χ3v) is 4.16. The van der Waals surface area contributed by atoms with Crippen molar-refractivity contribution in [3.63, 3.8) is 0 Å². The van der Waals surface area contributed by atoms with Crippen LogP contribution in [0.15, 0.2) is 0 Å². The van der Waals surface area contributed by atoms with E-state index in [1.807, 2.05) is 11.8 Å². The number of amides is 1. The second-order valence-corrected chi connectivity index (χ2v) is 5.57. The van der Waals surface area contributed by atoms with E-state index in [0.29, 0.717) is 11.7 Å². The van der Waals surface area contributed by atoms with Gasteiger partial charge in [0, 0.05) is 17.7 Å². The van der Waals surface area contributed by atoms with Crippen LogP contribution < -0.4 is 11.1 Å². The minimum atomic E-state index is -0.558. The van der Waals surface area contributed by atoms with Gasteiger partial charge in [-0.05, 0) is 18.6 Å². The Morgan fingerprint density at radius 2 is 2.44 bits per heavy atom. The lowest BCUT2D eigenvalue weighted by Gasteiger charge is -2.21. The molecule has 0 spiro atoms. The van der Waals surface area contributed by atoms with Crippen LogP contribution in [0.2, 0.25) is 0 Å². The van der Waals surface area contributed by atoms with Crippen LogP contribution in [0.5, 0.6) is 0 Å². The normalized spacial score (nSPS) is 26.1. The van der Waals surface area contributed by atoms with Gasteiger partial charge in [0.1, 0.15) is 0 Å². The van der Waals surface area contributed by atoms with Crippen molar-refractivity contribution >= 4 is 17.7 Å². The number of hydrogen-bond donors (Lipinski definition) is 2. The van der Waals surface area contributed by atoms with E-state index < -0.39 is 6.04 Å². The Morgan fingerprint density at radius 3 is 3.06 bits per heavy atom. The van der Waals surface area contributed by atoms with E-state index in [1.165, 1.54) is 12.8 Å². The van der Waals surface area contributed by atoms with Crippen LogP contribution in [-0.4, -0.2) is 29.0 Å². The third-order valence-electron chi connectivity index (χ3n) is 2.84. The molecule has 16 heavy (non-hydrogen) atoms. The number of rotatable bonds is 5. The van der Waals surface area contributed by atoms with Crippen molar-refractivity contribution in [1.29, 1.82) is 0 Å². The Kier molecular flexibility index (Phi) is 5.72.